The Balaban J connectivity index is 2.57. The molecule has 70 valence electrons. The Hall–Kier alpha value is -0.770. The second-order valence-electron chi connectivity index (χ2n) is 3.50. The second kappa shape index (κ2) is 2.87. The summed E-state index contributed by atoms with van der Waals surface area (Å²) in [4.78, 5) is 14.7. The molecule has 0 saturated heterocycles. The standard InChI is InChI=1S/C9H11BrN2O/c1-4-3-6-7(9(13)11-4)5(2)12-8(6)10/h4,12H,3H2,1-2H3,(H,11,13)/t4-/m0/s1. The maximum Gasteiger partial charge on any atom is 0.253 e. The van der Waals surface area contributed by atoms with Crippen molar-refractivity contribution in [2.24, 2.45) is 0 Å². The van der Waals surface area contributed by atoms with Gasteiger partial charge in [0.1, 0.15) is 0 Å². The molecule has 0 spiro atoms. The van der Waals surface area contributed by atoms with Crippen molar-refractivity contribution in [3.8, 4) is 0 Å². The number of nitrogens with one attached hydrogen (secondary N) is 2. The van der Waals surface area contributed by atoms with Crippen molar-refractivity contribution in [3.05, 3.63) is 21.4 Å². The molecule has 1 aliphatic heterocycles. The highest BCUT2D eigenvalue weighted by Gasteiger charge is 2.26. The van der Waals surface area contributed by atoms with E-state index in [2.05, 4.69) is 26.2 Å². The molecule has 2 heterocycles. The molecule has 0 aromatic carbocycles. The summed E-state index contributed by atoms with van der Waals surface area (Å²) in [5, 5.41) is 2.91. The largest absolute Gasteiger partial charge is 0.352 e. The van der Waals surface area contributed by atoms with Crippen LogP contribution in [0.25, 0.3) is 0 Å². The third-order valence-electron chi connectivity index (χ3n) is 2.35. The maximum atomic E-state index is 11.6. The van der Waals surface area contributed by atoms with Crippen LogP contribution in [-0.4, -0.2) is 16.9 Å². The quantitative estimate of drug-likeness (QED) is 0.716. The summed E-state index contributed by atoms with van der Waals surface area (Å²) in [6, 6.07) is 0.228. The van der Waals surface area contributed by atoms with E-state index >= 15 is 0 Å². The van der Waals surface area contributed by atoms with Gasteiger partial charge in [-0.2, -0.15) is 0 Å². The SMILES string of the molecule is Cc1[nH]c(Br)c2c1C(=O)N[C@@H](C)C2. The Morgan fingerprint density at radius 3 is 2.92 bits per heavy atom. The molecule has 13 heavy (non-hydrogen) atoms. The van der Waals surface area contributed by atoms with E-state index in [1.807, 2.05) is 13.8 Å². The third-order valence-corrected chi connectivity index (χ3v) is 3.03. The fraction of sp³-hybridized carbons (Fsp3) is 0.444. The van der Waals surface area contributed by atoms with Crippen LogP contribution in [0.2, 0.25) is 0 Å². The number of aryl methyl sites for hydroxylation is 1. The highest BCUT2D eigenvalue weighted by molar-refractivity contribution is 9.10. The molecule has 4 heteroatoms. The number of rotatable bonds is 0. The first-order valence-electron chi connectivity index (χ1n) is 4.27. The highest BCUT2D eigenvalue weighted by Crippen LogP contribution is 2.27. The highest BCUT2D eigenvalue weighted by atomic mass is 79.9. The number of hydrogen-bond acceptors (Lipinski definition) is 1. The van der Waals surface area contributed by atoms with Gasteiger partial charge in [-0.25, -0.2) is 0 Å². The average molecular weight is 243 g/mol. The molecule has 0 fully saturated rings. The Kier molecular flexibility index (Phi) is 1.95. The van der Waals surface area contributed by atoms with Gasteiger partial charge in [-0.05, 0) is 41.8 Å². The topological polar surface area (TPSA) is 44.9 Å². The van der Waals surface area contributed by atoms with Gasteiger partial charge in [0.05, 0.1) is 10.2 Å². The van der Waals surface area contributed by atoms with Crippen molar-refractivity contribution in [2.45, 2.75) is 26.3 Å². The summed E-state index contributed by atoms with van der Waals surface area (Å²) in [6.45, 7) is 3.93. The molecule has 2 rings (SSSR count). The van der Waals surface area contributed by atoms with Gasteiger partial charge in [0.15, 0.2) is 0 Å². The van der Waals surface area contributed by atoms with E-state index in [1.54, 1.807) is 0 Å². The minimum absolute atomic E-state index is 0.0354. The van der Waals surface area contributed by atoms with Gasteiger partial charge in [-0.1, -0.05) is 0 Å². The van der Waals surface area contributed by atoms with Gasteiger partial charge in [0.2, 0.25) is 0 Å². The van der Waals surface area contributed by atoms with Crippen LogP contribution in [0, 0.1) is 6.92 Å². The van der Waals surface area contributed by atoms with E-state index in [-0.39, 0.29) is 11.9 Å². The molecule has 1 amide bonds. The molecule has 3 nitrogen and oxygen atoms in total. The second-order valence-corrected chi connectivity index (χ2v) is 4.29. The lowest BCUT2D eigenvalue weighted by Crippen LogP contribution is -2.39. The van der Waals surface area contributed by atoms with Crippen LogP contribution < -0.4 is 5.32 Å². The van der Waals surface area contributed by atoms with Crippen LogP contribution in [0.1, 0.15) is 28.5 Å². The molecule has 0 aliphatic carbocycles. The van der Waals surface area contributed by atoms with Crippen molar-refractivity contribution in [2.75, 3.05) is 0 Å². The van der Waals surface area contributed by atoms with E-state index < -0.39 is 0 Å². The molecule has 1 aromatic heterocycles. The number of hydrogen-bond donors (Lipinski definition) is 2. The number of halogens is 1. The van der Waals surface area contributed by atoms with E-state index in [0.717, 1.165) is 27.8 Å². The zero-order chi connectivity index (χ0) is 9.59. The zero-order valence-corrected chi connectivity index (χ0v) is 9.16. The van der Waals surface area contributed by atoms with Gasteiger partial charge >= 0.3 is 0 Å². The number of H-pyrrole nitrogens is 1. The first kappa shape index (κ1) is 8.81. The predicted molar refractivity (Wildman–Crippen MR) is 53.9 cm³/mol. The lowest BCUT2D eigenvalue weighted by molar-refractivity contribution is 0.0929. The van der Waals surface area contributed by atoms with Crippen LogP contribution in [0.5, 0.6) is 0 Å². The fourth-order valence-corrected chi connectivity index (χ4v) is 2.45. The molecule has 1 aromatic rings. The van der Waals surface area contributed by atoms with Gasteiger partial charge < -0.3 is 10.3 Å². The minimum atomic E-state index is 0.0354. The van der Waals surface area contributed by atoms with Crippen LogP contribution in [0.3, 0.4) is 0 Å². The summed E-state index contributed by atoms with van der Waals surface area (Å²) in [6.07, 6.45) is 0.895. The first-order valence-corrected chi connectivity index (χ1v) is 5.06. The predicted octanol–water partition coefficient (Wildman–Crippen LogP) is 1.76. The number of carbonyl (C=O) groups is 1. The summed E-state index contributed by atoms with van der Waals surface area (Å²) in [5.41, 5.74) is 2.85. The number of aromatic amines is 1. The molecular formula is C9H11BrN2O. The molecular weight excluding hydrogens is 232 g/mol. The third kappa shape index (κ3) is 1.29. The lowest BCUT2D eigenvalue weighted by atomic mass is 9.99. The van der Waals surface area contributed by atoms with Crippen molar-refractivity contribution in [1.29, 1.82) is 0 Å². The van der Waals surface area contributed by atoms with Crippen LogP contribution in [0.4, 0.5) is 0 Å². The summed E-state index contributed by atoms with van der Waals surface area (Å²) in [5.74, 6) is 0.0354. The lowest BCUT2D eigenvalue weighted by Gasteiger charge is -2.20. The van der Waals surface area contributed by atoms with E-state index in [9.17, 15) is 4.79 Å². The van der Waals surface area contributed by atoms with Crippen molar-refractivity contribution in [3.63, 3.8) is 0 Å². The van der Waals surface area contributed by atoms with E-state index in [0.29, 0.717) is 0 Å². The monoisotopic (exact) mass is 242 g/mol. The number of amides is 1. The first-order chi connectivity index (χ1) is 6.09. The van der Waals surface area contributed by atoms with Crippen molar-refractivity contribution in [1.82, 2.24) is 10.3 Å². The Morgan fingerprint density at radius 1 is 1.54 bits per heavy atom. The molecule has 0 unspecified atom stereocenters. The van der Waals surface area contributed by atoms with Crippen molar-refractivity contribution >= 4 is 21.8 Å². The maximum absolute atomic E-state index is 11.6. The molecule has 2 N–H and O–H groups in total. The smallest absolute Gasteiger partial charge is 0.253 e. The van der Waals surface area contributed by atoms with Gasteiger partial charge in [0.25, 0.3) is 5.91 Å². The summed E-state index contributed by atoms with van der Waals surface area (Å²) >= 11 is 3.42. The summed E-state index contributed by atoms with van der Waals surface area (Å²) in [7, 11) is 0. The molecule has 0 saturated carbocycles. The van der Waals surface area contributed by atoms with E-state index in [1.165, 1.54) is 0 Å². The van der Waals surface area contributed by atoms with Gasteiger partial charge in [-0.15, -0.1) is 0 Å². The Morgan fingerprint density at radius 2 is 2.23 bits per heavy atom. The number of carbonyl (C=O) groups excluding carboxylic acids is 1. The number of fused-ring (bicyclic) bond motifs is 1. The molecule has 1 atom stereocenters. The summed E-state index contributed by atoms with van der Waals surface area (Å²) < 4.78 is 0.946. The molecule has 0 bridgehead atoms. The number of aromatic nitrogens is 1. The van der Waals surface area contributed by atoms with Crippen LogP contribution in [-0.2, 0) is 6.42 Å². The van der Waals surface area contributed by atoms with Crippen LogP contribution in [0.15, 0.2) is 4.60 Å². The van der Waals surface area contributed by atoms with Gasteiger partial charge in [0, 0.05) is 11.7 Å². The average Bonchev–Trinajstić information content (AvgIpc) is 2.27. The minimum Gasteiger partial charge on any atom is -0.352 e. The normalized spacial score (nSPS) is 21.2. The van der Waals surface area contributed by atoms with E-state index in [4.69, 9.17) is 0 Å². The molecule has 0 radical (unpaired) electrons. The fourth-order valence-electron chi connectivity index (χ4n) is 1.79. The molecule has 1 aliphatic rings. The van der Waals surface area contributed by atoms with Crippen molar-refractivity contribution < 1.29 is 4.79 Å². The Labute approximate surface area is 85.0 Å². The van der Waals surface area contributed by atoms with Crippen LogP contribution >= 0.6 is 15.9 Å². The zero-order valence-electron chi connectivity index (χ0n) is 7.57. The van der Waals surface area contributed by atoms with Gasteiger partial charge in [-0.3, -0.25) is 4.79 Å². The Bertz CT molecular complexity index is 370.